The summed E-state index contributed by atoms with van der Waals surface area (Å²) < 4.78 is 5.95. The number of likely N-dealkylation sites (tertiary alicyclic amines) is 1. The fourth-order valence-electron chi connectivity index (χ4n) is 3.47. The van der Waals surface area contributed by atoms with E-state index in [9.17, 15) is 4.79 Å². The molecule has 5 nitrogen and oxygen atoms in total. The summed E-state index contributed by atoms with van der Waals surface area (Å²) in [6, 6.07) is 19.8. The molecule has 28 heavy (non-hydrogen) atoms. The average Bonchev–Trinajstić information content (AvgIpc) is 2.75. The van der Waals surface area contributed by atoms with Crippen molar-refractivity contribution in [2.24, 2.45) is 0 Å². The molecule has 4 rings (SSSR count). The average molecular weight is 373 g/mol. The van der Waals surface area contributed by atoms with Crippen molar-refractivity contribution in [2.45, 2.75) is 25.9 Å². The van der Waals surface area contributed by atoms with Crippen LogP contribution in [0, 0.1) is 6.92 Å². The number of hydrogen-bond donors (Lipinski definition) is 0. The standard InChI is InChI=1S/C23H23N3O2/c1-17-24-14-11-22(25-17)28-21-12-15-26(16-13-21)23(27)20-9-7-19(8-10-20)18-5-3-2-4-6-18/h2-11,14,21H,12-13,15-16H2,1H3. The number of carbonyl (C=O) groups excluding carboxylic acids is 1. The van der Waals surface area contributed by atoms with Crippen LogP contribution in [-0.4, -0.2) is 40.0 Å². The highest BCUT2D eigenvalue weighted by Gasteiger charge is 2.25. The minimum Gasteiger partial charge on any atom is -0.474 e. The first-order chi connectivity index (χ1) is 13.7. The van der Waals surface area contributed by atoms with Crippen LogP contribution in [0.3, 0.4) is 0 Å². The molecular weight excluding hydrogens is 350 g/mol. The van der Waals surface area contributed by atoms with Gasteiger partial charge in [-0.15, -0.1) is 0 Å². The van der Waals surface area contributed by atoms with Crippen LogP contribution in [0.25, 0.3) is 11.1 Å². The van der Waals surface area contributed by atoms with Gasteiger partial charge in [-0.1, -0.05) is 42.5 Å². The molecule has 0 atom stereocenters. The number of ether oxygens (including phenoxy) is 1. The molecule has 0 spiro atoms. The molecule has 5 heteroatoms. The van der Waals surface area contributed by atoms with E-state index in [0.717, 1.165) is 29.5 Å². The molecule has 1 amide bonds. The monoisotopic (exact) mass is 373 g/mol. The third-order valence-corrected chi connectivity index (χ3v) is 5.01. The Hall–Kier alpha value is -3.21. The number of hydrogen-bond acceptors (Lipinski definition) is 4. The fourth-order valence-corrected chi connectivity index (χ4v) is 3.47. The second-order valence-corrected chi connectivity index (χ2v) is 6.99. The first-order valence-corrected chi connectivity index (χ1v) is 9.60. The predicted octanol–water partition coefficient (Wildman–Crippen LogP) is 4.14. The van der Waals surface area contributed by atoms with Crippen LogP contribution >= 0.6 is 0 Å². The van der Waals surface area contributed by atoms with E-state index < -0.39 is 0 Å². The van der Waals surface area contributed by atoms with Crippen LogP contribution in [0.1, 0.15) is 29.0 Å². The van der Waals surface area contributed by atoms with Crippen molar-refractivity contribution in [3.63, 3.8) is 0 Å². The highest BCUT2D eigenvalue weighted by molar-refractivity contribution is 5.94. The lowest BCUT2D eigenvalue weighted by Gasteiger charge is -2.32. The highest BCUT2D eigenvalue weighted by Crippen LogP contribution is 2.22. The van der Waals surface area contributed by atoms with E-state index in [-0.39, 0.29) is 12.0 Å². The van der Waals surface area contributed by atoms with E-state index in [1.807, 2.05) is 54.3 Å². The fraction of sp³-hybridized carbons (Fsp3) is 0.261. The Morgan fingerprint density at radius 3 is 2.32 bits per heavy atom. The van der Waals surface area contributed by atoms with Gasteiger partial charge in [0.05, 0.1) is 0 Å². The van der Waals surface area contributed by atoms with Gasteiger partial charge >= 0.3 is 0 Å². The van der Waals surface area contributed by atoms with Crippen molar-refractivity contribution in [2.75, 3.05) is 13.1 Å². The van der Waals surface area contributed by atoms with E-state index in [1.54, 1.807) is 12.3 Å². The highest BCUT2D eigenvalue weighted by atomic mass is 16.5. The van der Waals surface area contributed by atoms with Gasteiger partial charge in [-0.25, -0.2) is 4.98 Å². The minimum absolute atomic E-state index is 0.0796. The molecule has 0 saturated carbocycles. The Bertz CT molecular complexity index is 934. The van der Waals surface area contributed by atoms with Crippen molar-refractivity contribution in [3.05, 3.63) is 78.2 Å². The number of amides is 1. The molecule has 1 aliphatic rings. The number of aromatic nitrogens is 2. The summed E-state index contributed by atoms with van der Waals surface area (Å²) in [7, 11) is 0. The van der Waals surface area contributed by atoms with Gasteiger partial charge in [0.2, 0.25) is 5.88 Å². The molecule has 0 radical (unpaired) electrons. The van der Waals surface area contributed by atoms with Crippen molar-refractivity contribution < 1.29 is 9.53 Å². The van der Waals surface area contributed by atoms with Crippen LogP contribution in [0.2, 0.25) is 0 Å². The Kier molecular flexibility index (Phi) is 5.33. The number of benzene rings is 2. The smallest absolute Gasteiger partial charge is 0.253 e. The van der Waals surface area contributed by atoms with Gasteiger partial charge in [0.15, 0.2) is 0 Å². The van der Waals surface area contributed by atoms with Gasteiger partial charge in [-0.3, -0.25) is 4.79 Å². The largest absolute Gasteiger partial charge is 0.474 e. The maximum Gasteiger partial charge on any atom is 0.253 e. The van der Waals surface area contributed by atoms with Gasteiger partial charge in [0.25, 0.3) is 5.91 Å². The Morgan fingerprint density at radius 1 is 0.964 bits per heavy atom. The van der Waals surface area contributed by atoms with Gasteiger partial charge in [0, 0.05) is 43.8 Å². The topological polar surface area (TPSA) is 55.3 Å². The zero-order valence-corrected chi connectivity index (χ0v) is 15.9. The normalized spacial score (nSPS) is 14.7. The van der Waals surface area contributed by atoms with E-state index in [1.165, 1.54) is 0 Å². The summed E-state index contributed by atoms with van der Waals surface area (Å²) in [5.41, 5.74) is 2.99. The number of piperidine rings is 1. The van der Waals surface area contributed by atoms with Gasteiger partial charge < -0.3 is 9.64 Å². The first-order valence-electron chi connectivity index (χ1n) is 9.60. The van der Waals surface area contributed by atoms with Crippen LogP contribution < -0.4 is 4.74 Å². The van der Waals surface area contributed by atoms with Crippen molar-refractivity contribution in [3.8, 4) is 17.0 Å². The maximum absolute atomic E-state index is 12.8. The lowest BCUT2D eigenvalue weighted by atomic mass is 10.0. The molecule has 0 bridgehead atoms. The van der Waals surface area contributed by atoms with Crippen LogP contribution in [0.5, 0.6) is 5.88 Å². The molecule has 2 aromatic carbocycles. The number of rotatable bonds is 4. The lowest BCUT2D eigenvalue weighted by Crippen LogP contribution is -2.41. The van der Waals surface area contributed by atoms with Crippen molar-refractivity contribution >= 4 is 5.91 Å². The molecule has 2 heterocycles. The first kappa shape index (κ1) is 18.2. The molecule has 0 N–H and O–H groups in total. The quantitative estimate of drug-likeness (QED) is 0.690. The summed E-state index contributed by atoms with van der Waals surface area (Å²) in [6.07, 6.45) is 3.39. The minimum atomic E-state index is 0.0796. The SMILES string of the molecule is Cc1nccc(OC2CCN(C(=O)c3ccc(-c4ccccc4)cc3)CC2)n1. The predicted molar refractivity (Wildman–Crippen MR) is 108 cm³/mol. The van der Waals surface area contributed by atoms with Crippen LogP contribution in [0.15, 0.2) is 66.9 Å². The Labute approximate surface area is 165 Å². The molecular formula is C23H23N3O2. The van der Waals surface area contributed by atoms with Gasteiger partial charge in [0.1, 0.15) is 11.9 Å². The van der Waals surface area contributed by atoms with Gasteiger partial charge in [-0.05, 0) is 30.2 Å². The molecule has 1 fully saturated rings. The lowest BCUT2D eigenvalue weighted by molar-refractivity contribution is 0.0587. The third-order valence-electron chi connectivity index (χ3n) is 5.01. The van der Waals surface area contributed by atoms with Crippen molar-refractivity contribution in [1.82, 2.24) is 14.9 Å². The van der Waals surface area contributed by atoms with E-state index in [0.29, 0.717) is 24.8 Å². The van der Waals surface area contributed by atoms with Crippen LogP contribution in [0.4, 0.5) is 0 Å². The zero-order valence-electron chi connectivity index (χ0n) is 15.9. The van der Waals surface area contributed by atoms with Crippen LogP contribution in [-0.2, 0) is 0 Å². The number of aryl methyl sites for hydroxylation is 1. The molecule has 1 aliphatic heterocycles. The molecule has 0 aliphatic carbocycles. The molecule has 3 aromatic rings. The van der Waals surface area contributed by atoms with Crippen molar-refractivity contribution in [1.29, 1.82) is 0 Å². The van der Waals surface area contributed by atoms with E-state index in [2.05, 4.69) is 22.1 Å². The molecule has 1 aromatic heterocycles. The maximum atomic E-state index is 12.8. The molecule has 142 valence electrons. The summed E-state index contributed by atoms with van der Waals surface area (Å²) >= 11 is 0. The summed E-state index contributed by atoms with van der Waals surface area (Å²) in [5.74, 6) is 1.38. The Morgan fingerprint density at radius 2 is 1.64 bits per heavy atom. The summed E-state index contributed by atoms with van der Waals surface area (Å²) in [5, 5.41) is 0. The second kappa shape index (κ2) is 8.21. The Balaban J connectivity index is 1.35. The second-order valence-electron chi connectivity index (χ2n) is 6.99. The van der Waals surface area contributed by atoms with E-state index in [4.69, 9.17) is 4.74 Å². The van der Waals surface area contributed by atoms with Gasteiger partial charge in [-0.2, -0.15) is 4.98 Å². The summed E-state index contributed by atoms with van der Waals surface area (Å²) in [4.78, 5) is 23.1. The molecule has 1 saturated heterocycles. The number of carbonyl (C=O) groups is 1. The summed E-state index contributed by atoms with van der Waals surface area (Å²) in [6.45, 7) is 3.22. The number of nitrogens with zero attached hydrogens (tertiary/aromatic N) is 3. The third kappa shape index (κ3) is 4.19. The molecule has 0 unspecified atom stereocenters. The zero-order chi connectivity index (χ0) is 19.3. The van der Waals surface area contributed by atoms with E-state index >= 15 is 0 Å².